The third-order valence-corrected chi connectivity index (χ3v) is 4.10. The summed E-state index contributed by atoms with van der Waals surface area (Å²) in [6.07, 6.45) is -5.60. The molecule has 1 amide bonds. The number of para-hydroxylation sites is 2. The standard InChI is InChI=1S/C18H17F3N2O3/c1-25-14-9-5-7-12(15(14)26-2)16-22-13-8-4-3-6-11(13)17(24)23(16)10-18(19,20)21/h3-9,16,22H,10H2,1-2H3/t16-/m0/s1. The van der Waals surface area contributed by atoms with Gasteiger partial charge in [-0.1, -0.05) is 24.3 Å². The van der Waals surface area contributed by atoms with E-state index in [2.05, 4.69) is 5.32 Å². The summed E-state index contributed by atoms with van der Waals surface area (Å²) < 4.78 is 49.9. The SMILES string of the molecule is COc1cccc([C@H]2Nc3ccccc3C(=O)N2CC(F)(F)F)c1OC. The Kier molecular flexibility index (Phi) is 4.67. The van der Waals surface area contributed by atoms with E-state index in [9.17, 15) is 18.0 Å². The van der Waals surface area contributed by atoms with Gasteiger partial charge < -0.3 is 19.7 Å². The summed E-state index contributed by atoms with van der Waals surface area (Å²) >= 11 is 0. The van der Waals surface area contributed by atoms with Crippen molar-refractivity contribution in [2.45, 2.75) is 12.3 Å². The van der Waals surface area contributed by atoms with Crippen LogP contribution in [0.5, 0.6) is 11.5 Å². The van der Waals surface area contributed by atoms with Gasteiger partial charge in [0.15, 0.2) is 11.5 Å². The highest BCUT2D eigenvalue weighted by atomic mass is 19.4. The number of nitrogens with zero attached hydrogens (tertiary/aromatic N) is 1. The topological polar surface area (TPSA) is 50.8 Å². The first-order valence-electron chi connectivity index (χ1n) is 7.80. The van der Waals surface area contributed by atoms with Crippen LogP contribution in [0, 0.1) is 0 Å². The quantitative estimate of drug-likeness (QED) is 0.894. The maximum atomic E-state index is 13.1. The second kappa shape index (κ2) is 6.78. The molecule has 0 saturated carbocycles. The third-order valence-electron chi connectivity index (χ3n) is 4.10. The van der Waals surface area contributed by atoms with E-state index in [0.29, 0.717) is 17.0 Å². The molecule has 5 nitrogen and oxygen atoms in total. The van der Waals surface area contributed by atoms with Crippen molar-refractivity contribution in [3.63, 3.8) is 0 Å². The highest BCUT2D eigenvalue weighted by Gasteiger charge is 2.41. The molecule has 2 aromatic rings. The van der Waals surface area contributed by atoms with Gasteiger partial charge in [0.05, 0.1) is 19.8 Å². The summed E-state index contributed by atoms with van der Waals surface area (Å²) in [5, 5.41) is 3.01. The van der Waals surface area contributed by atoms with Crippen molar-refractivity contribution in [1.29, 1.82) is 0 Å². The molecule has 0 spiro atoms. The van der Waals surface area contributed by atoms with Gasteiger partial charge in [0.1, 0.15) is 12.7 Å². The summed E-state index contributed by atoms with van der Waals surface area (Å²) in [6.45, 7) is -1.39. The Morgan fingerprint density at radius 1 is 1.08 bits per heavy atom. The second-order valence-corrected chi connectivity index (χ2v) is 5.72. The van der Waals surface area contributed by atoms with Gasteiger partial charge in [-0.15, -0.1) is 0 Å². The summed E-state index contributed by atoms with van der Waals surface area (Å²) in [7, 11) is 2.83. The van der Waals surface area contributed by atoms with E-state index in [1.807, 2.05) is 0 Å². The molecule has 1 heterocycles. The normalized spacial score (nSPS) is 16.7. The van der Waals surface area contributed by atoms with Crippen molar-refractivity contribution >= 4 is 11.6 Å². The molecule has 0 aromatic heterocycles. The number of alkyl halides is 3. The molecule has 1 aliphatic heterocycles. The minimum Gasteiger partial charge on any atom is -0.493 e. The second-order valence-electron chi connectivity index (χ2n) is 5.72. The number of fused-ring (bicyclic) bond motifs is 1. The number of ether oxygens (including phenoxy) is 2. The van der Waals surface area contributed by atoms with E-state index in [-0.39, 0.29) is 11.3 Å². The zero-order valence-corrected chi connectivity index (χ0v) is 14.1. The van der Waals surface area contributed by atoms with Crippen molar-refractivity contribution in [3.05, 3.63) is 53.6 Å². The van der Waals surface area contributed by atoms with Crippen LogP contribution in [0.15, 0.2) is 42.5 Å². The summed E-state index contributed by atoms with van der Waals surface area (Å²) in [4.78, 5) is 13.5. The van der Waals surface area contributed by atoms with Crippen molar-refractivity contribution in [1.82, 2.24) is 4.90 Å². The predicted octanol–water partition coefficient (Wildman–Crippen LogP) is 3.83. The molecule has 0 unspecified atom stereocenters. The average molecular weight is 366 g/mol. The van der Waals surface area contributed by atoms with Crippen LogP contribution < -0.4 is 14.8 Å². The number of nitrogens with one attached hydrogen (secondary N) is 1. The molecule has 0 saturated heterocycles. The molecule has 0 aliphatic carbocycles. The Bertz CT molecular complexity index is 824. The van der Waals surface area contributed by atoms with Gasteiger partial charge in [-0.25, -0.2) is 0 Å². The maximum absolute atomic E-state index is 13.1. The van der Waals surface area contributed by atoms with Gasteiger partial charge in [-0.05, 0) is 18.2 Å². The number of rotatable bonds is 4. The van der Waals surface area contributed by atoms with Crippen molar-refractivity contribution in [2.75, 3.05) is 26.1 Å². The Balaban J connectivity index is 2.13. The molecular formula is C18H17F3N2O3. The number of carbonyl (C=O) groups is 1. The maximum Gasteiger partial charge on any atom is 0.406 e. The Morgan fingerprint density at radius 2 is 1.81 bits per heavy atom. The molecule has 138 valence electrons. The number of benzene rings is 2. The van der Waals surface area contributed by atoms with Gasteiger partial charge >= 0.3 is 6.18 Å². The Labute approximate surface area is 148 Å². The zero-order chi connectivity index (χ0) is 18.9. The number of methoxy groups -OCH3 is 2. The number of hydrogen-bond acceptors (Lipinski definition) is 4. The van der Waals surface area contributed by atoms with E-state index < -0.39 is 24.8 Å². The van der Waals surface area contributed by atoms with E-state index >= 15 is 0 Å². The van der Waals surface area contributed by atoms with Gasteiger partial charge in [0, 0.05) is 11.3 Å². The van der Waals surface area contributed by atoms with Gasteiger partial charge in [0.2, 0.25) is 0 Å². The lowest BCUT2D eigenvalue weighted by Crippen LogP contribution is -2.47. The zero-order valence-electron chi connectivity index (χ0n) is 14.1. The fourth-order valence-corrected chi connectivity index (χ4v) is 3.02. The van der Waals surface area contributed by atoms with Crippen LogP contribution in [0.2, 0.25) is 0 Å². The van der Waals surface area contributed by atoms with Gasteiger partial charge in [-0.3, -0.25) is 4.79 Å². The lowest BCUT2D eigenvalue weighted by molar-refractivity contribution is -0.144. The minimum absolute atomic E-state index is 0.190. The molecule has 26 heavy (non-hydrogen) atoms. The summed E-state index contributed by atoms with van der Waals surface area (Å²) in [5.74, 6) is -0.0662. The largest absolute Gasteiger partial charge is 0.493 e. The lowest BCUT2D eigenvalue weighted by Gasteiger charge is -2.39. The first-order chi connectivity index (χ1) is 12.4. The third kappa shape index (κ3) is 3.26. The Morgan fingerprint density at radius 3 is 2.46 bits per heavy atom. The van der Waals surface area contributed by atoms with E-state index in [1.54, 1.807) is 36.4 Å². The molecule has 3 rings (SSSR count). The number of anilines is 1. The number of halogens is 3. The van der Waals surface area contributed by atoms with Crippen LogP contribution in [0.25, 0.3) is 0 Å². The highest BCUT2D eigenvalue weighted by molar-refractivity contribution is 6.01. The Hall–Kier alpha value is -2.90. The average Bonchev–Trinajstić information content (AvgIpc) is 2.62. The first kappa shape index (κ1) is 17.9. The van der Waals surface area contributed by atoms with Crippen LogP contribution in [-0.4, -0.2) is 37.7 Å². The molecule has 0 fully saturated rings. The predicted molar refractivity (Wildman–Crippen MR) is 89.4 cm³/mol. The molecule has 1 N–H and O–H groups in total. The molecular weight excluding hydrogens is 349 g/mol. The summed E-state index contributed by atoms with van der Waals surface area (Å²) in [6, 6.07) is 11.3. The molecule has 1 aliphatic rings. The van der Waals surface area contributed by atoms with Gasteiger partial charge in [0.25, 0.3) is 5.91 Å². The minimum atomic E-state index is -4.55. The molecule has 2 aromatic carbocycles. The van der Waals surface area contributed by atoms with E-state index in [4.69, 9.17) is 9.47 Å². The lowest BCUT2D eigenvalue weighted by atomic mass is 10.0. The fraction of sp³-hybridized carbons (Fsp3) is 0.278. The smallest absolute Gasteiger partial charge is 0.406 e. The monoisotopic (exact) mass is 366 g/mol. The molecule has 1 atom stereocenters. The van der Waals surface area contributed by atoms with Crippen LogP contribution in [0.3, 0.4) is 0 Å². The molecule has 8 heteroatoms. The van der Waals surface area contributed by atoms with E-state index in [1.165, 1.54) is 20.3 Å². The van der Waals surface area contributed by atoms with Crippen LogP contribution >= 0.6 is 0 Å². The first-order valence-corrected chi connectivity index (χ1v) is 7.80. The van der Waals surface area contributed by atoms with Crippen LogP contribution in [-0.2, 0) is 0 Å². The van der Waals surface area contributed by atoms with Gasteiger partial charge in [-0.2, -0.15) is 13.2 Å². The van der Waals surface area contributed by atoms with Crippen molar-refractivity contribution in [2.24, 2.45) is 0 Å². The molecule has 0 bridgehead atoms. The van der Waals surface area contributed by atoms with Crippen molar-refractivity contribution < 1.29 is 27.4 Å². The van der Waals surface area contributed by atoms with Crippen LogP contribution in [0.1, 0.15) is 22.1 Å². The van der Waals surface area contributed by atoms with E-state index in [0.717, 1.165) is 4.90 Å². The van der Waals surface area contributed by atoms with Crippen molar-refractivity contribution in [3.8, 4) is 11.5 Å². The number of amides is 1. The summed E-state index contributed by atoms with van der Waals surface area (Å²) in [5.41, 5.74) is 1.03. The number of hydrogen-bond donors (Lipinski definition) is 1. The number of carbonyl (C=O) groups excluding carboxylic acids is 1. The van der Waals surface area contributed by atoms with Crippen LogP contribution in [0.4, 0.5) is 18.9 Å². The highest BCUT2D eigenvalue weighted by Crippen LogP contribution is 2.41. The fourth-order valence-electron chi connectivity index (χ4n) is 3.02. The molecule has 0 radical (unpaired) electrons.